The predicted molar refractivity (Wildman–Crippen MR) is 126 cm³/mol. The molecule has 1 atom stereocenters. The van der Waals surface area contributed by atoms with Gasteiger partial charge in [-0.3, -0.25) is 4.79 Å². The number of ether oxygens (including phenoxy) is 2. The van der Waals surface area contributed by atoms with Gasteiger partial charge in [-0.2, -0.15) is 5.26 Å². The Balaban J connectivity index is 1.96. The SMILES string of the molecule is CCOC(=O)C1C(=O)C(CN)=C2N=C(c3ccc(OC)cc3)C(C#N)=C(Cc3ccc(F)cc3F)N21. The largest absolute Gasteiger partial charge is 0.497 e. The molecule has 2 aliphatic heterocycles. The van der Waals surface area contributed by atoms with Gasteiger partial charge >= 0.3 is 5.97 Å². The number of nitrogens with two attached hydrogens (primary N) is 1. The van der Waals surface area contributed by atoms with Gasteiger partial charge in [0.2, 0.25) is 0 Å². The van der Waals surface area contributed by atoms with E-state index in [-0.39, 0.29) is 53.5 Å². The minimum absolute atomic E-state index is 0.0147. The third-order valence-electron chi connectivity index (χ3n) is 5.90. The van der Waals surface area contributed by atoms with E-state index in [4.69, 9.17) is 15.2 Å². The number of methoxy groups -OCH3 is 1. The number of nitriles is 1. The highest BCUT2D eigenvalue weighted by atomic mass is 19.1. The zero-order chi connectivity index (χ0) is 26.0. The number of rotatable bonds is 7. The normalized spacial score (nSPS) is 17.1. The number of benzene rings is 2. The number of aliphatic imine (C=N–C) groups is 1. The van der Waals surface area contributed by atoms with E-state index in [0.29, 0.717) is 11.3 Å². The molecule has 10 heteroatoms. The number of ketones is 1. The predicted octanol–water partition coefficient (Wildman–Crippen LogP) is 2.78. The van der Waals surface area contributed by atoms with Crippen LogP contribution in [0.15, 0.2) is 70.1 Å². The number of halogens is 2. The van der Waals surface area contributed by atoms with Crippen molar-refractivity contribution in [1.82, 2.24) is 4.90 Å². The second-order valence-corrected chi connectivity index (χ2v) is 7.93. The van der Waals surface area contributed by atoms with Crippen molar-refractivity contribution in [2.24, 2.45) is 10.7 Å². The van der Waals surface area contributed by atoms with Crippen molar-refractivity contribution in [3.63, 3.8) is 0 Å². The Morgan fingerprint density at radius 1 is 1.22 bits per heavy atom. The highest BCUT2D eigenvalue weighted by Crippen LogP contribution is 2.39. The number of nitrogens with zero attached hydrogens (tertiary/aromatic N) is 3. The molecule has 0 aliphatic carbocycles. The van der Waals surface area contributed by atoms with Crippen LogP contribution in [0.3, 0.4) is 0 Å². The number of carbonyl (C=O) groups excluding carboxylic acids is 2. The molecule has 0 amide bonds. The summed E-state index contributed by atoms with van der Waals surface area (Å²) in [5.41, 5.74) is 6.92. The first kappa shape index (κ1) is 24.8. The summed E-state index contributed by atoms with van der Waals surface area (Å²) in [6, 6.07) is 10.4. The Morgan fingerprint density at radius 3 is 2.53 bits per heavy atom. The second kappa shape index (κ2) is 10.1. The van der Waals surface area contributed by atoms with Gasteiger partial charge in [0.25, 0.3) is 0 Å². The minimum Gasteiger partial charge on any atom is -0.497 e. The van der Waals surface area contributed by atoms with Gasteiger partial charge in [0.1, 0.15) is 29.3 Å². The molecule has 0 bridgehead atoms. The minimum atomic E-state index is -1.47. The standard InChI is InChI=1S/C26H22F2N4O4/c1-3-36-26(34)23-24(33)19(13-30)25-31-22(14-5-8-17(35-2)9-6-14)18(12-29)21(32(23)25)10-15-4-7-16(27)11-20(15)28/h4-9,11,23H,3,10,13,30H2,1-2H3. The molecule has 4 rings (SSSR count). The van der Waals surface area contributed by atoms with Gasteiger partial charge in [-0.1, -0.05) is 6.07 Å². The van der Waals surface area contributed by atoms with Crippen molar-refractivity contribution in [2.75, 3.05) is 20.3 Å². The van der Waals surface area contributed by atoms with E-state index in [9.17, 15) is 23.6 Å². The molecule has 0 spiro atoms. The maximum Gasteiger partial charge on any atom is 0.337 e. The van der Waals surface area contributed by atoms with E-state index >= 15 is 0 Å². The first-order chi connectivity index (χ1) is 17.3. The summed E-state index contributed by atoms with van der Waals surface area (Å²) in [7, 11) is 1.51. The number of Topliss-reactive ketones (excluding diaryl/α,β-unsaturated/α-hetero) is 1. The molecule has 2 N–H and O–H groups in total. The van der Waals surface area contributed by atoms with Gasteiger partial charge < -0.3 is 20.1 Å². The van der Waals surface area contributed by atoms with Crippen LogP contribution in [0.4, 0.5) is 8.78 Å². The molecule has 184 valence electrons. The van der Waals surface area contributed by atoms with E-state index in [1.807, 2.05) is 0 Å². The monoisotopic (exact) mass is 492 g/mol. The van der Waals surface area contributed by atoms with E-state index in [2.05, 4.69) is 11.1 Å². The molecule has 8 nitrogen and oxygen atoms in total. The van der Waals surface area contributed by atoms with E-state index in [1.165, 1.54) is 18.1 Å². The molecule has 0 radical (unpaired) electrons. The van der Waals surface area contributed by atoms with Crippen molar-refractivity contribution < 1.29 is 27.8 Å². The van der Waals surface area contributed by atoms with Gasteiger partial charge in [-0.15, -0.1) is 0 Å². The zero-order valence-electron chi connectivity index (χ0n) is 19.5. The molecule has 0 aromatic heterocycles. The van der Waals surface area contributed by atoms with Crippen molar-refractivity contribution in [2.45, 2.75) is 19.4 Å². The number of hydrogen-bond donors (Lipinski definition) is 1. The Labute approximate surface area is 205 Å². The van der Waals surface area contributed by atoms with Crippen LogP contribution < -0.4 is 10.5 Å². The third kappa shape index (κ3) is 4.25. The van der Waals surface area contributed by atoms with Crippen LogP contribution in [-0.4, -0.2) is 48.7 Å². The quantitative estimate of drug-likeness (QED) is 0.466. The smallest absolute Gasteiger partial charge is 0.337 e. The van der Waals surface area contributed by atoms with Crippen molar-refractivity contribution in [3.8, 4) is 11.8 Å². The lowest BCUT2D eigenvalue weighted by molar-refractivity contribution is -0.150. The van der Waals surface area contributed by atoms with E-state index in [1.54, 1.807) is 31.2 Å². The molecule has 36 heavy (non-hydrogen) atoms. The van der Waals surface area contributed by atoms with Gasteiger partial charge in [0.15, 0.2) is 11.8 Å². The van der Waals surface area contributed by atoms with Crippen molar-refractivity contribution in [3.05, 3.63) is 87.9 Å². The summed E-state index contributed by atoms with van der Waals surface area (Å²) < 4.78 is 38.6. The number of allylic oxidation sites excluding steroid dienone is 2. The molecule has 2 aromatic rings. The summed E-state index contributed by atoms with van der Waals surface area (Å²) in [4.78, 5) is 32.0. The Hall–Kier alpha value is -4.36. The first-order valence-corrected chi connectivity index (χ1v) is 11.1. The number of esters is 1. The van der Waals surface area contributed by atoms with Crippen LogP contribution in [0.5, 0.6) is 5.75 Å². The van der Waals surface area contributed by atoms with Crippen molar-refractivity contribution >= 4 is 17.5 Å². The summed E-state index contributed by atoms with van der Waals surface area (Å²) in [5, 5.41) is 10.2. The average Bonchev–Trinajstić information content (AvgIpc) is 3.16. The molecular weight excluding hydrogens is 470 g/mol. The van der Waals surface area contributed by atoms with Gasteiger partial charge in [-0.25, -0.2) is 18.6 Å². The Morgan fingerprint density at radius 2 is 1.94 bits per heavy atom. The first-order valence-electron chi connectivity index (χ1n) is 11.1. The Bertz CT molecular complexity index is 1370. The van der Waals surface area contributed by atoms with Crippen LogP contribution in [0.1, 0.15) is 18.1 Å². The van der Waals surface area contributed by atoms with Crippen LogP contribution in [-0.2, 0) is 20.7 Å². The highest BCUT2D eigenvalue weighted by Gasteiger charge is 2.48. The van der Waals surface area contributed by atoms with E-state index < -0.39 is 29.4 Å². The lowest BCUT2D eigenvalue weighted by Crippen LogP contribution is -2.44. The average molecular weight is 492 g/mol. The molecule has 0 saturated carbocycles. The number of carbonyl (C=O) groups is 2. The summed E-state index contributed by atoms with van der Waals surface area (Å²) in [5.74, 6) is -2.39. The summed E-state index contributed by atoms with van der Waals surface area (Å²) >= 11 is 0. The van der Waals surface area contributed by atoms with Crippen LogP contribution in [0.25, 0.3) is 0 Å². The fraction of sp³-hybridized carbons (Fsp3) is 0.231. The van der Waals surface area contributed by atoms with Crippen LogP contribution in [0, 0.1) is 23.0 Å². The third-order valence-corrected chi connectivity index (χ3v) is 5.90. The Kier molecular flexibility index (Phi) is 6.94. The maximum atomic E-state index is 14.7. The van der Waals surface area contributed by atoms with Gasteiger partial charge in [0.05, 0.1) is 30.6 Å². The fourth-order valence-corrected chi connectivity index (χ4v) is 4.20. The molecule has 2 aliphatic rings. The van der Waals surface area contributed by atoms with Crippen molar-refractivity contribution in [1.29, 1.82) is 5.26 Å². The summed E-state index contributed by atoms with van der Waals surface area (Å²) in [6.07, 6.45) is -0.227. The summed E-state index contributed by atoms with van der Waals surface area (Å²) in [6.45, 7) is 1.39. The molecule has 0 fully saturated rings. The van der Waals surface area contributed by atoms with Crippen LogP contribution >= 0.6 is 0 Å². The highest BCUT2D eigenvalue weighted by molar-refractivity contribution is 6.20. The second-order valence-electron chi connectivity index (χ2n) is 7.93. The molecule has 2 heterocycles. The topological polar surface area (TPSA) is 118 Å². The van der Waals surface area contributed by atoms with Gasteiger partial charge in [-0.05, 0) is 42.8 Å². The maximum absolute atomic E-state index is 14.7. The fourth-order valence-electron chi connectivity index (χ4n) is 4.20. The molecule has 0 saturated heterocycles. The van der Waals surface area contributed by atoms with Crippen LogP contribution in [0.2, 0.25) is 0 Å². The number of fused-ring (bicyclic) bond motifs is 1. The molecule has 2 aromatic carbocycles. The number of hydrogen-bond acceptors (Lipinski definition) is 8. The molecular formula is C26H22F2N4O4. The van der Waals surface area contributed by atoms with Gasteiger partial charge in [0, 0.05) is 30.3 Å². The van der Waals surface area contributed by atoms with E-state index in [0.717, 1.165) is 12.1 Å². The lowest BCUT2D eigenvalue weighted by Gasteiger charge is -2.32. The zero-order valence-corrected chi connectivity index (χ0v) is 19.5. The lowest BCUT2D eigenvalue weighted by atomic mass is 9.95. The molecule has 1 unspecified atom stereocenters.